The molecule has 0 saturated carbocycles. The first-order valence-electron chi connectivity index (χ1n) is 8.16. The van der Waals surface area contributed by atoms with Crippen molar-refractivity contribution in [1.82, 2.24) is 25.7 Å². The zero-order valence-corrected chi connectivity index (χ0v) is 13.7. The summed E-state index contributed by atoms with van der Waals surface area (Å²) in [6.07, 6.45) is 1.23. The topological polar surface area (TPSA) is 103 Å². The minimum absolute atomic E-state index is 0.0123. The van der Waals surface area contributed by atoms with Gasteiger partial charge in [0.15, 0.2) is 6.61 Å². The van der Waals surface area contributed by atoms with Crippen LogP contribution < -0.4 is 10.8 Å². The van der Waals surface area contributed by atoms with E-state index in [1.807, 2.05) is 0 Å². The smallest absolute Gasteiger partial charge is 0.338 e. The standard InChI is InChI=1S/C14H23N5O5/c1-23-19-10-2-3-11(18(8-10)14(19)22)13(21)16-24-9-12(20)17-6-4-15-5-7-17/h10-11,15H,2-9H2,1H3,(H,16,21)/t10-,11+/m1/s1. The Balaban J connectivity index is 1.45. The molecule has 0 spiro atoms. The number of fused-ring (bicyclic) bond motifs is 2. The van der Waals surface area contributed by atoms with E-state index >= 15 is 0 Å². The van der Waals surface area contributed by atoms with E-state index in [0.29, 0.717) is 32.5 Å². The average Bonchev–Trinajstić information content (AvgIpc) is 2.85. The molecule has 0 unspecified atom stereocenters. The molecule has 10 heteroatoms. The first kappa shape index (κ1) is 16.9. The minimum atomic E-state index is -0.594. The lowest BCUT2D eigenvalue weighted by molar-refractivity contribution is -0.147. The van der Waals surface area contributed by atoms with Crippen LogP contribution >= 0.6 is 0 Å². The molecular weight excluding hydrogens is 318 g/mol. The average molecular weight is 341 g/mol. The number of nitrogens with zero attached hydrogens (tertiary/aromatic N) is 3. The van der Waals surface area contributed by atoms with Crippen molar-refractivity contribution in [2.45, 2.75) is 24.9 Å². The van der Waals surface area contributed by atoms with E-state index in [2.05, 4.69) is 10.8 Å². The van der Waals surface area contributed by atoms with Crippen LogP contribution in [0.3, 0.4) is 0 Å². The summed E-state index contributed by atoms with van der Waals surface area (Å²) in [4.78, 5) is 49.7. The van der Waals surface area contributed by atoms with Crippen LogP contribution in [-0.4, -0.2) is 91.2 Å². The van der Waals surface area contributed by atoms with E-state index in [0.717, 1.165) is 13.1 Å². The molecule has 0 aliphatic carbocycles. The van der Waals surface area contributed by atoms with Gasteiger partial charge in [-0.2, -0.15) is 5.06 Å². The number of piperazine rings is 1. The van der Waals surface area contributed by atoms with Crippen molar-refractivity contribution in [2.75, 3.05) is 46.4 Å². The molecule has 3 aliphatic heterocycles. The lowest BCUT2D eigenvalue weighted by atomic mass is 10.0. The number of piperidine rings is 1. The minimum Gasteiger partial charge on any atom is -0.338 e. The maximum atomic E-state index is 12.3. The highest BCUT2D eigenvalue weighted by Gasteiger charge is 2.47. The number of carbonyl (C=O) groups excluding carboxylic acids is 3. The van der Waals surface area contributed by atoms with Crippen molar-refractivity contribution in [3.63, 3.8) is 0 Å². The van der Waals surface area contributed by atoms with Gasteiger partial charge in [-0.25, -0.2) is 10.3 Å². The quantitative estimate of drug-likeness (QED) is 0.578. The first-order chi connectivity index (χ1) is 11.6. The third-order valence-corrected chi connectivity index (χ3v) is 4.66. The summed E-state index contributed by atoms with van der Waals surface area (Å²) in [7, 11) is 1.44. The molecule has 24 heavy (non-hydrogen) atoms. The highest BCUT2D eigenvalue weighted by Crippen LogP contribution is 2.29. The number of hydroxylamine groups is 3. The van der Waals surface area contributed by atoms with E-state index in [4.69, 9.17) is 9.68 Å². The van der Waals surface area contributed by atoms with E-state index in [1.54, 1.807) is 4.90 Å². The second-order valence-corrected chi connectivity index (χ2v) is 6.08. The molecule has 2 bridgehead atoms. The summed E-state index contributed by atoms with van der Waals surface area (Å²) in [6.45, 7) is 3.04. The summed E-state index contributed by atoms with van der Waals surface area (Å²) >= 11 is 0. The number of amides is 4. The molecule has 0 aromatic heterocycles. The second-order valence-electron chi connectivity index (χ2n) is 6.08. The summed E-state index contributed by atoms with van der Waals surface area (Å²) in [6, 6.07) is -0.915. The van der Waals surface area contributed by atoms with Crippen LogP contribution in [0.15, 0.2) is 0 Å². The normalized spacial score (nSPS) is 26.7. The van der Waals surface area contributed by atoms with Crippen molar-refractivity contribution in [1.29, 1.82) is 0 Å². The van der Waals surface area contributed by atoms with Crippen molar-refractivity contribution < 1.29 is 24.1 Å². The Labute approximate surface area is 139 Å². The number of carbonyl (C=O) groups is 3. The summed E-state index contributed by atoms with van der Waals surface area (Å²) in [5.74, 6) is -0.573. The number of hydrogen-bond donors (Lipinski definition) is 2. The van der Waals surface area contributed by atoms with Gasteiger partial charge in [0.25, 0.3) is 11.8 Å². The summed E-state index contributed by atoms with van der Waals surface area (Å²) in [5, 5.41) is 4.47. The lowest BCUT2D eigenvalue weighted by Gasteiger charge is -2.29. The Morgan fingerprint density at radius 2 is 2.04 bits per heavy atom. The van der Waals surface area contributed by atoms with Gasteiger partial charge in [-0.05, 0) is 12.8 Å². The van der Waals surface area contributed by atoms with Gasteiger partial charge in [0.05, 0.1) is 13.2 Å². The van der Waals surface area contributed by atoms with Gasteiger partial charge in [-0.1, -0.05) is 0 Å². The third-order valence-electron chi connectivity index (χ3n) is 4.66. The van der Waals surface area contributed by atoms with E-state index in [-0.39, 0.29) is 24.6 Å². The molecule has 2 atom stereocenters. The molecular formula is C14H23N5O5. The molecule has 134 valence electrons. The molecule has 3 aliphatic rings. The van der Waals surface area contributed by atoms with Gasteiger partial charge >= 0.3 is 6.03 Å². The summed E-state index contributed by atoms with van der Waals surface area (Å²) < 4.78 is 0. The monoisotopic (exact) mass is 341 g/mol. The lowest BCUT2D eigenvalue weighted by Crippen LogP contribution is -2.51. The van der Waals surface area contributed by atoms with E-state index in [9.17, 15) is 14.4 Å². The predicted octanol–water partition coefficient (Wildman–Crippen LogP) is -1.70. The van der Waals surface area contributed by atoms with Crippen LogP contribution in [0.25, 0.3) is 0 Å². The maximum Gasteiger partial charge on any atom is 0.345 e. The van der Waals surface area contributed by atoms with Crippen LogP contribution in [0.1, 0.15) is 12.8 Å². The molecule has 3 rings (SSSR count). The van der Waals surface area contributed by atoms with Crippen LogP contribution in [0, 0.1) is 0 Å². The highest BCUT2D eigenvalue weighted by atomic mass is 16.7. The van der Waals surface area contributed by atoms with Crippen molar-refractivity contribution >= 4 is 17.8 Å². The molecule has 2 N–H and O–H groups in total. The summed E-state index contributed by atoms with van der Waals surface area (Å²) in [5.41, 5.74) is 2.30. The fourth-order valence-corrected chi connectivity index (χ4v) is 3.38. The van der Waals surface area contributed by atoms with Crippen molar-refractivity contribution in [3.8, 4) is 0 Å². The third kappa shape index (κ3) is 3.30. The van der Waals surface area contributed by atoms with Crippen LogP contribution in [0.2, 0.25) is 0 Å². The predicted molar refractivity (Wildman–Crippen MR) is 81.3 cm³/mol. The van der Waals surface area contributed by atoms with Crippen LogP contribution in [0.4, 0.5) is 4.79 Å². The Kier molecular flexibility index (Phi) is 5.17. The Hall–Kier alpha value is -1.91. The number of hydrogen-bond acceptors (Lipinski definition) is 6. The molecule has 3 saturated heterocycles. The van der Waals surface area contributed by atoms with Crippen LogP contribution in [0.5, 0.6) is 0 Å². The molecule has 4 amide bonds. The maximum absolute atomic E-state index is 12.3. The second kappa shape index (κ2) is 7.32. The van der Waals surface area contributed by atoms with Gasteiger partial charge in [0.2, 0.25) is 0 Å². The van der Waals surface area contributed by atoms with Crippen LogP contribution in [-0.2, 0) is 19.3 Å². The van der Waals surface area contributed by atoms with Crippen molar-refractivity contribution in [3.05, 3.63) is 0 Å². The zero-order valence-electron chi connectivity index (χ0n) is 13.7. The molecule has 0 aromatic rings. The fraction of sp³-hybridized carbons (Fsp3) is 0.786. The Bertz CT molecular complexity index is 510. The van der Waals surface area contributed by atoms with Gasteiger partial charge in [-0.3, -0.25) is 19.3 Å². The van der Waals surface area contributed by atoms with Gasteiger partial charge in [0.1, 0.15) is 6.04 Å². The van der Waals surface area contributed by atoms with Gasteiger partial charge < -0.3 is 15.1 Å². The largest absolute Gasteiger partial charge is 0.345 e. The Morgan fingerprint density at radius 1 is 1.29 bits per heavy atom. The van der Waals surface area contributed by atoms with Crippen molar-refractivity contribution in [2.24, 2.45) is 0 Å². The molecule has 3 fully saturated rings. The highest BCUT2D eigenvalue weighted by molar-refractivity contribution is 5.88. The number of urea groups is 1. The molecule has 0 radical (unpaired) electrons. The number of nitrogens with one attached hydrogen (secondary N) is 2. The first-order valence-corrected chi connectivity index (χ1v) is 8.16. The molecule has 3 heterocycles. The molecule has 10 nitrogen and oxygen atoms in total. The SMILES string of the molecule is CON1C(=O)N2C[C@H]1CC[C@H]2C(=O)NOCC(=O)N1CCNCC1. The fourth-order valence-electron chi connectivity index (χ4n) is 3.38. The number of rotatable bonds is 5. The van der Waals surface area contributed by atoms with Gasteiger partial charge in [0, 0.05) is 32.7 Å². The zero-order chi connectivity index (χ0) is 17.1. The van der Waals surface area contributed by atoms with Gasteiger partial charge in [-0.15, -0.1) is 0 Å². The van der Waals surface area contributed by atoms with E-state index < -0.39 is 11.9 Å². The Morgan fingerprint density at radius 3 is 2.75 bits per heavy atom. The van der Waals surface area contributed by atoms with E-state index in [1.165, 1.54) is 17.1 Å². The molecule has 0 aromatic carbocycles.